The minimum absolute atomic E-state index is 0.0596. The Morgan fingerprint density at radius 1 is 1.08 bits per heavy atom. The van der Waals surface area contributed by atoms with Crippen LogP contribution in [0.3, 0.4) is 0 Å². The van der Waals surface area contributed by atoms with E-state index in [0.29, 0.717) is 49.7 Å². The van der Waals surface area contributed by atoms with Gasteiger partial charge in [-0.3, -0.25) is 23.9 Å². The average Bonchev–Trinajstić information content (AvgIpc) is 3.80. The maximum Gasteiger partial charge on any atom is 0.270 e. The number of aliphatic hydroxyl groups is 1. The number of hydrogen-bond donors (Lipinski definition) is 3. The number of carbonyl (C=O) groups excluding carboxylic acids is 4. The van der Waals surface area contributed by atoms with Gasteiger partial charge in [0.25, 0.3) is 11.8 Å². The second kappa shape index (κ2) is 15.7. The van der Waals surface area contributed by atoms with Gasteiger partial charge in [-0.05, 0) is 86.2 Å². The van der Waals surface area contributed by atoms with Crippen LogP contribution in [0.25, 0.3) is 0 Å². The summed E-state index contributed by atoms with van der Waals surface area (Å²) in [5.41, 5.74) is 0.148. The summed E-state index contributed by atoms with van der Waals surface area (Å²) in [5, 5.41) is 24.1. The van der Waals surface area contributed by atoms with Crippen molar-refractivity contribution < 1.29 is 28.7 Å². The lowest BCUT2D eigenvalue weighted by atomic mass is 9.77. The molecule has 2 aromatic heterocycles. The van der Waals surface area contributed by atoms with E-state index < -0.39 is 35.3 Å². The number of carbonyl (C=O) groups is 4. The summed E-state index contributed by atoms with van der Waals surface area (Å²) >= 11 is 0.901. The second-order valence-corrected chi connectivity index (χ2v) is 14.6. The first-order valence-corrected chi connectivity index (χ1v) is 17.9. The Kier molecular flexibility index (Phi) is 11.6. The quantitative estimate of drug-likeness (QED) is 0.257. The molecule has 0 radical (unpaired) electrons. The summed E-state index contributed by atoms with van der Waals surface area (Å²) < 4.78 is 21.1. The molecule has 3 atom stereocenters. The number of aromatic nitrogens is 4. The average molecular weight is 696 g/mol. The number of halogens is 1. The fraction of sp³-hybridized carbons (Fsp3) is 0.571. The first kappa shape index (κ1) is 36.2. The smallest absolute Gasteiger partial charge is 0.270 e. The van der Waals surface area contributed by atoms with E-state index >= 15 is 4.39 Å². The van der Waals surface area contributed by atoms with Gasteiger partial charge in [-0.15, -0.1) is 5.10 Å². The molecule has 5 rings (SSSR count). The fourth-order valence-electron chi connectivity index (χ4n) is 6.84. The lowest BCUT2D eigenvalue weighted by Gasteiger charge is -2.38. The highest BCUT2D eigenvalue weighted by atomic mass is 32.1. The Balaban J connectivity index is 1.34. The highest BCUT2D eigenvalue weighted by Crippen LogP contribution is 2.32. The van der Waals surface area contributed by atoms with Crippen molar-refractivity contribution in [1.29, 1.82) is 0 Å². The molecule has 1 aromatic carbocycles. The summed E-state index contributed by atoms with van der Waals surface area (Å²) in [6, 6.07) is 4.34. The van der Waals surface area contributed by atoms with Gasteiger partial charge in [0.05, 0.1) is 17.8 Å². The van der Waals surface area contributed by atoms with Crippen molar-refractivity contribution in [3.8, 4) is 0 Å². The Labute approximate surface area is 290 Å². The lowest BCUT2D eigenvalue weighted by Crippen LogP contribution is -2.54. The zero-order valence-electron chi connectivity index (χ0n) is 28.5. The van der Waals surface area contributed by atoms with Crippen LogP contribution in [0.5, 0.6) is 0 Å². The Morgan fingerprint density at radius 3 is 2.43 bits per heavy atom. The van der Waals surface area contributed by atoms with Gasteiger partial charge < -0.3 is 20.6 Å². The number of amides is 3. The van der Waals surface area contributed by atoms with Gasteiger partial charge in [-0.1, -0.05) is 43.3 Å². The molecule has 3 aromatic rings. The van der Waals surface area contributed by atoms with Gasteiger partial charge >= 0.3 is 0 Å². The number of benzene rings is 1. The molecule has 3 N–H and O–H groups in total. The molecule has 3 heterocycles. The molecular weight excluding hydrogens is 649 g/mol. The number of hydrogen-bond acceptors (Lipinski definition) is 9. The number of Topliss-reactive ketones (excluding diaryl/α,β-unsaturated/α-hetero) is 1. The van der Waals surface area contributed by atoms with Crippen LogP contribution in [0.1, 0.15) is 103 Å². The van der Waals surface area contributed by atoms with E-state index in [9.17, 15) is 24.3 Å². The van der Waals surface area contributed by atoms with Crippen molar-refractivity contribution in [1.82, 2.24) is 34.9 Å². The predicted octanol–water partition coefficient (Wildman–Crippen LogP) is 3.91. The van der Waals surface area contributed by atoms with Gasteiger partial charge in [0.2, 0.25) is 5.91 Å². The Bertz CT molecular complexity index is 1630. The number of rotatable bonds is 12. The summed E-state index contributed by atoms with van der Waals surface area (Å²) in [6.07, 6.45) is 6.92. The van der Waals surface area contributed by atoms with E-state index in [1.165, 1.54) is 12.3 Å². The van der Waals surface area contributed by atoms with Crippen LogP contribution in [-0.4, -0.2) is 83.7 Å². The van der Waals surface area contributed by atoms with Crippen molar-refractivity contribution in [2.24, 2.45) is 11.8 Å². The standard InChI is InChI=1S/C35H46FN7O5S/c1-5-43-27(12-15-38-43)32(45)40-31(23-8-6-21(2)7-9-23)28(44)19-25-11-10-24(18-26(25)36)22(3)30(39-33(46)29-20-37-41-49-29)34(47)42-16-13-35(4,48)14-17-42/h10-12,15,18,20-23,30-31,48H,5-9,13-14,16-17,19H2,1-4H3,(H,39,46)(H,40,45)/t21?,22-,23?,30+,31-/m0/s1. The van der Waals surface area contributed by atoms with Crippen LogP contribution in [0, 0.1) is 17.7 Å². The molecule has 14 heteroatoms. The number of nitrogens with zero attached hydrogens (tertiary/aromatic N) is 5. The van der Waals surface area contributed by atoms with Gasteiger partial charge in [-0.25, -0.2) is 4.39 Å². The van der Waals surface area contributed by atoms with Crippen molar-refractivity contribution in [3.63, 3.8) is 0 Å². The van der Waals surface area contributed by atoms with E-state index in [1.807, 2.05) is 6.92 Å². The number of piperidine rings is 1. The molecule has 0 spiro atoms. The number of aryl methyl sites for hydroxylation is 1. The molecule has 3 amide bonds. The zero-order chi connectivity index (χ0) is 35.3. The molecule has 1 aliphatic heterocycles. The fourth-order valence-corrected chi connectivity index (χ4v) is 7.26. The van der Waals surface area contributed by atoms with E-state index in [2.05, 4.69) is 32.2 Å². The number of ketones is 1. The van der Waals surface area contributed by atoms with E-state index in [0.717, 1.165) is 37.2 Å². The van der Waals surface area contributed by atoms with E-state index in [-0.39, 0.29) is 40.4 Å². The summed E-state index contributed by atoms with van der Waals surface area (Å²) in [5.74, 6) is -2.27. The molecule has 264 valence electrons. The Morgan fingerprint density at radius 2 is 1.80 bits per heavy atom. The molecule has 1 saturated heterocycles. The van der Waals surface area contributed by atoms with E-state index in [1.54, 1.807) is 47.8 Å². The van der Waals surface area contributed by atoms with Crippen molar-refractivity contribution in [2.75, 3.05) is 13.1 Å². The maximum absolute atomic E-state index is 15.8. The summed E-state index contributed by atoms with van der Waals surface area (Å²) in [7, 11) is 0. The maximum atomic E-state index is 15.8. The van der Waals surface area contributed by atoms with Gasteiger partial charge in [0.1, 0.15) is 22.4 Å². The first-order chi connectivity index (χ1) is 23.4. The van der Waals surface area contributed by atoms with Crippen molar-refractivity contribution in [2.45, 2.75) is 103 Å². The molecule has 2 aliphatic rings. The highest BCUT2D eigenvalue weighted by Gasteiger charge is 2.37. The molecule has 0 unspecified atom stereocenters. The minimum atomic E-state index is -1.03. The molecule has 2 fully saturated rings. The number of likely N-dealkylation sites (tertiary alicyclic amines) is 1. The SMILES string of the molecule is CCn1nccc1C(=O)N[C@H](C(=O)Cc1ccc([C@H](C)[C@@H](NC(=O)c2cnns2)C(=O)N2CCC(C)(O)CC2)cc1F)C1CCC(C)CC1. The highest BCUT2D eigenvalue weighted by molar-refractivity contribution is 7.07. The van der Waals surface area contributed by atoms with Crippen LogP contribution < -0.4 is 10.6 Å². The van der Waals surface area contributed by atoms with Crippen molar-refractivity contribution >= 4 is 35.0 Å². The van der Waals surface area contributed by atoms with Crippen LogP contribution in [-0.2, 0) is 22.6 Å². The van der Waals surface area contributed by atoms with Crippen LogP contribution in [0.15, 0.2) is 36.7 Å². The molecule has 1 aliphatic carbocycles. The molecule has 0 bridgehead atoms. The second-order valence-electron chi connectivity index (χ2n) is 13.8. The van der Waals surface area contributed by atoms with Crippen molar-refractivity contribution in [3.05, 3.63) is 64.2 Å². The normalized spacial score (nSPS) is 21.0. The molecule has 49 heavy (non-hydrogen) atoms. The summed E-state index contributed by atoms with van der Waals surface area (Å²) in [4.78, 5) is 55.8. The van der Waals surface area contributed by atoms with Gasteiger partial charge in [0, 0.05) is 38.2 Å². The molecular formula is C35H46FN7O5S. The zero-order valence-corrected chi connectivity index (χ0v) is 29.3. The topological polar surface area (TPSA) is 159 Å². The predicted molar refractivity (Wildman–Crippen MR) is 181 cm³/mol. The third kappa shape index (κ3) is 8.77. The van der Waals surface area contributed by atoms with E-state index in [4.69, 9.17) is 0 Å². The Hall–Kier alpha value is -4.04. The summed E-state index contributed by atoms with van der Waals surface area (Å²) in [6.45, 7) is 8.68. The minimum Gasteiger partial charge on any atom is -0.390 e. The van der Waals surface area contributed by atoms with Crippen LogP contribution >= 0.6 is 11.5 Å². The first-order valence-electron chi connectivity index (χ1n) is 17.1. The van der Waals surface area contributed by atoms with Crippen LogP contribution in [0.2, 0.25) is 0 Å². The molecule has 1 saturated carbocycles. The number of nitrogens with one attached hydrogen (secondary N) is 2. The largest absolute Gasteiger partial charge is 0.390 e. The third-order valence-electron chi connectivity index (χ3n) is 10.2. The van der Waals surface area contributed by atoms with Gasteiger partial charge in [-0.2, -0.15) is 5.10 Å². The van der Waals surface area contributed by atoms with Crippen LogP contribution in [0.4, 0.5) is 4.39 Å². The van der Waals surface area contributed by atoms with Gasteiger partial charge in [0.15, 0.2) is 5.78 Å². The monoisotopic (exact) mass is 695 g/mol. The lowest BCUT2D eigenvalue weighted by molar-refractivity contribution is -0.137. The molecule has 12 nitrogen and oxygen atoms in total. The third-order valence-corrected chi connectivity index (χ3v) is 10.8.